The molecule has 0 amide bonds. The summed E-state index contributed by atoms with van der Waals surface area (Å²) in [4.78, 5) is 9.94. The van der Waals surface area contributed by atoms with E-state index in [2.05, 4.69) is 0 Å². The van der Waals surface area contributed by atoms with Gasteiger partial charge in [-0.1, -0.05) is 12.8 Å². The monoisotopic (exact) mass is 238 g/mol. The van der Waals surface area contributed by atoms with Crippen LogP contribution in [-0.2, 0) is 0 Å². The van der Waals surface area contributed by atoms with E-state index in [-0.39, 0.29) is 6.04 Å². The fourth-order valence-corrected chi connectivity index (χ4v) is 1.83. The predicted octanol–water partition coefficient (Wildman–Crippen LogP) is 1.81. The van der Waals surface area contributed by atoms with E-state index < -0.39 is 22.1 Å². The number of rotatable bonds is 4. The van der Waals surface area contributed by atoms with E-state index in [1.165, 1.54) is 12.1 Å². The molecule has 92 valence electrons. The van der Waals surface area contributed by atoms with Crippen molar-refractivity contribution in [3.63, 3.8) is 0 Å². The predicted molar refractivity (Wildman–Crippen MR) is 60.7 cm³/mol. The first-order valence-electron chi connectivity index (χ1n) is 5.45. The number of nitrogens with zero attached hydrogens (tertiary/aromatic N) is 1. The highest BCUT2D eigenvalue weighted by Gasteiger charge is 2.27. The number of phenolic OH excluding ortho intramolecular Hbond substituents is 2. The number of hydrogen-bond donors (Lipinski definition) is 3. The van der Waals surface area contributed by atoms with Crippen LogP contribution in [0.5, 0.6) is 11.5 Å². The molecule has 0 radical (unpaired) electrons. The molecule has 0 bridgehead atoms. The molecule has 1 atom stereocenters. The molecule has 6 nitrogen and oxygen atoms in total. The van der Waals surface area contributed by atoms with Gasteiger partial charge in [0.2, 0.25) is 5.75 Å². The molecule has 1 aliphatic carbocycles. The average molecular weight is 238 g/mol. The van der Waals surface area contributed by atoms with Crippen molar-refractivity contribution >= 4 is 5.69 Å². The van der Waals surface area contributed by atoms with Crippen molar-refractivity contribution < 1.29 is 15.1 Å². The summed E-state index contributed by atoms with van der Waals surface area (Å²) in [5.41, 5.74) is 5.89. The van der Waals surface area contributed by atoms with E-state index in [1.807, 2.05) is 0 Å². The Morgan fingerprint density at radius 3 is 2.65 bits per heavy atom. The Balaban J connectivity index is 2.30. The highest BCUT2D eigenvalue weighted by molar-refractivity contribution is 5.56. The smallest absolute Gasteiger partial charge is 0.314 e. The summed E-state index contributed by atoms with van der Waals surface area (Å²) in [6.45, 7) is 0. The third-order valence-corrected chi connectivity index (χ3v) is 3.00. The van der Waals surface area contributed by atoms with Crippen molar-refractivity contribution in [3.8, 4) is 11.5 Å². The van der Waals surface area contributed by atoms with Crippen LogP contribution in [0.25, 0.3) is 0 Å². The minimum Gasteiger partial charge on any atom is -0.504 e. The zero-order valence-electron chi connectivity index (χ0n) is 9.17. The van der Waals surface area contributed by atoms with Crippen LogP contribution in [0.2, 0.25) is 0 Å². The summed E-state index contributed by atoms with van der Waals surface area (Å²) in [5.74, 6) is -0.627. The van der Waals surface area contributed by atoms with Gasteiger partial charge in [-0.2, -0.15) is 0 Å². The van der Waals surface area contributed by atoms with Gasteiger partial charge in [0.1, 0.15) is 0 Å². The normalized spacial score (nSPS) is 16.8. The van der Waals surface area contributed by atoms with Gasteiger partial charge in [-0.15, -0.1) is 0 Å². The van der Waals surface area contributed by atoms with Crippen LogP contribution in [0.4, 0.5) is 5.69 Å². The second kappa shape index (κ2) is 4.21. The third kappa shape index (κ3) is 2.47. The van der Waals surface area contributed by atoms with Gasteiger partial charge in [0, 0.05) is 12.1 Å². The number of aromatic hydroxyl groups is 2. The number of nitro benzene ring substituents is 1. The van der Waals surface area contributed by atoms with Gasteiger partial charge in [0.25, 0.3) is 0 Å². The number of benzene rings is 1. The van der Waals surface area contributed by atoms with Crippen LogP contribution >= 0.6 is 0 Å². The van der Waals surface area contributed by atoms with Crippen LogP contribution in [0.15, 0.2) is 12.1 Å². The fourth-order valence-electron chi connectivity index (χ4n) is 1.83. The van der Waals surface area contributed by atoms with Crippen molar-refractivity contribution in [2.45, 2.75) is 25.3 Å². The van der Waals surface area contributed by atoms with E-state index in [1.54, 1.807) is 0 Å². The lowest BCUT2D eigenvalue weighted by atomic mass is 10.0. The molecule has 1 aromatic rings. The maximum absolute atomic E-state index is 10.7. The summed E-state index contributed by atoms with van der Waals surface area (Å²) in [5, 5.41) is 29.4. The molecule has 0 unspecified atom stereocenters. The molecule has 1 fully saturated rings. The Kier molecular flexibility index (Phi) is 2.89. The second-order valence-corrected chi connectivity index (χ2v) is 4.45. The molecule has 2 rings (SSSR count). The minimum absolute atomic E-state index is 0.340. The first-order valence-corrected chi connectivity index (χ1v) is 5.45. The van der Waals surface area contributed by atoms with Gasteiger partial charge >= 0.3 is 5.69 Å². The zero-order valence-corrected chi connectivity index (χ0v) is 9.17. The van der Waals surface area contributed by atoms with Crippen molar-refractivity contribution in [2.75, 3.05) is 0 Å². The van der Waals surface area contributed by atoms with Crippen molar-refractivity contribution in [1.29, 1.82) is 0 Å². The van der Waals surface area contributed by atoms with E-state index in [0.717, 1.165) is 19.3 Å². The largest absolute Gasteiger partial charge is 0.504 e. The number of nitro groups is 1. The Morgan fingerprint density at radius 1 is 1.47 bits per heavy atom. The van der Waals surface area contributed by atoms with E-state index >= 15 is 0 Å². The molecule has 4 N–H and O–H groups in total. The SMILES string of the molecule is N[C@H](CC1CC1)c1cc(O)c(O)c([N+](=O)[O-])c1. The maximum atomic E-state index is 10.7. The molecule has 6 heteroatoms. The standard InChI is InChI=1S/C11H14N2O4/c12-8(3-6-1-2-6)7-4-9(13(16)17)11(15)10(14)5-7/h4-6,8,14-15H,1-3,12H2/t8-/m1/s1. The fraction of sp³-hybridized carbons (Fsp3) is 0.455. The minimum atomic E-state index is -0.734. The lowest BCUT2D eigenvalue weighted by Gasteiger charge is -2.12. The number of hydrogen-bond acceptors (Lipinski definition) is 5. The second-order valence-electron chi connectivity index (χ2n) is 4.45. The molecule has 17 heavy (non-hydrogen) atoms. The lowest BCUT2D eigenvalue weighted by Crippen LogP contribution is -2.11. The summed E-state index contributed by atoms with van der Waals surface area (Å²) in [7, 11) is 0. The molecule has 1 saturated carbocycles. The zero-order chi connectivity index (χ0) is 12.6. The van der Waals surface area contributed by atoms with Crippen LogP contribution in [0.3, 0.4) is 0 Å². The molecular formula is C11H14N2O4. The summed E-state index contributed by atoms with van der Waals surface area (Å²) in [6, 6.07) is 2.17. The number of phenols is 2. The molecule has 1 aromatic carbocycles. The molecule has 0 saturated heterocycles. The third-order valence-electron chi connectivity index (χ3n) is 3.00. The topological polar surface area (TPSA) is 110 Å². The molecular weight excluding hydrogens is 224 g/mol. The molecule has 0 aromatic heterocycles. The van der Waals surface area contributed by atoms with Gasteiger partial charge < -0.3 is 15.9 Å². The summed E-state index contributed by atoms with van der Waals surface area (Å²) >= 11 is 0. The van der Waals surface area contributed by atoms with Gasteiger partial charge in [-0.25, -0.2) is 0 Å². The highest BCUT2D eigenvalue weighted by Crippen LogP contribution is 2.41. The average Bonchev–Trinajstić information content (AvgIpc) is 3.05. The first-order chi connectivity index (χ1) is 7.99. The van der Waals surface area contributed by atoms with Crippen molar-refractivity contribution in [3.05, 3.63) is 27.8 Å². The maximum Gasteiger partial charge on any atom is 0.314 e. The Morgan fingerprint density at radius 2 is 2.12 bits per heavy atom. The Hall–Kier alpha value is -1.82. The Labute approximate surface area is 97.8 Å². The molecule has 0 heterocycles. The highest BCUT2D eigenvalue weighted by atomic mass is 16.6. The molecule has 1 aliphatic rings. The van der Waals surface area contributed by atoms with Crippen LogP contribution in [-0.4, -0.2) is 15.1 Å². The van der Waals surface area contributed by atoms with Gasteiger partial charge in [0.05, 0.1) is 4.92 Å². The van der Waals surface area contributed by atoms with Crippen LogP contribution in [0, 0.1) is 16.0 Å². The van der Waals surface area contributed by atoms with Crippen LogP contribution in [0.1, 0.15) is 30.9 Å². The molecule has 0 aliphatic heterocycles. The first kappa shape index (κ1) is 11.7. The lowest BCUT2D eigenvalue weighted by molar-refractivity contribution is -0.386. The van der Waals surface area contributed by atoms with Crippen LogP contribution < -0.4 is 5.73 Å². The quantitative estimate of drug-likeness (QED) is 0.421. The summed E-state index contributed by atoms with van der Waals surface area (Å²) in [6.07, 6.45) is 3.03. The van der Waals surface area contributed by atoms with Gasteiger partial charge in [-0.3, -0.25) is 10.1 Å². The van der Waals surface area contributed by atoms with Gasteiger partial charge in [-0.05, 0) is 24.0 Å². The Bertz CT molecular complexity index is 457. The van der Waals surface area contributed by atoms with E-state index in [0.29, 0.717) is 11.5 Å². The van der Waals surface area contributed by atoms with Gasteiger partial charge in [0.15, 0.2) is 5.75 Å². The number of nitrogens with two attached hydrogens (primary N) is 1. The van der Waals surface area contributed by atoms with E-state index in [9.17, 15) is 20.3 Å². The van der Waals surface area contributed by atoms with Crippen molar-refractivity contribution in [2.24, 2.45) is 11.7 Å². The molecule has 0 spiro atoms. The van der Waals surface area contributed by atoms with E-state index in [4.69, 9.17) is 5.73 Å². The summed E-state index contributed by atoms with van der Waals surface area (Å²) < 4.78 is 0. The van der Waals surface area contributed by atoms with Crippen molar-refractivity contribution in [1.82, 2.24) is 0 Å².